The lowest BCUT2D eigenvalue weighted by Crippen LogP contribution is -2.00. The Morgan fingerprint density at radius 1 is 0.762 bits per heavy atom. The molecule has 3 heteroatoms. The molecule has 0 spiro atoms. The number of aromatic nitrogens is 2. The Hall–Kier alpha value is -1.90. The second-order valence-corrected chi connectivity index (χ2v) is 5.36. The number of nitrogens with one attached hydrogen (secondary N) is 1. The molecule has 3 nitrogen and oxygen atoms in total. The van der Waals surface area contributed by atoms with Gasteiger partial charge in [-0.1, -0.05) is 38.8 Å². The monoisotopic (exact) mass is 283 g/mol. The number of hydrogen-bond acceptors (Lipinski definition) is 3. The van der Waals surface area contributed by atoms with Crippen LogP contribution in [0.25, 0.3) is 0 Å². The first kappa shape index (κ1) is 15.5. The summed E-state index contributed by atoms with van der Waals surface area (Å²) in [6.07, 6.45) is 6.83. The molecule has 1 N–H and O–H groups in total. The van der Waals surface area contributed by atoms with Crippen molar-refractivity contribution in [2.24, 2.45) is 0 Å². The second kappa shape index (κ2) is 8.40. The minimum atomic E-state index is 0.878. The van der Waals surface area contributed by atoms with Gasteiger partial charge in [0.2, 0.25) is 0 Å². The molecule has 2 aromatic heterocycles. The fourth-order valence-corrected chi connectivity index (χ4v) is 2.22. The van der Waals surface area contributed by atoms with Crippen LogP contribution in [0.2, 0.25) is 0 Å². The first-order valence-corrected chi connectivity index (χ1v) is 8.00. The van der Waals surface area contributed by atoms with Crippen molar-refractivity contribution < 1.29 is 0 Å². The summed E-state index contributed by atoms with van der Waals surface area (Å²) in [5.74, 6) is 1.76. The molecular weight excluding hydrogens is 258 g/mol. The van der Waals surface area contributed by atoms with E-state index in [4.69, 9.17) is 0 Å². The number of anilines is 2. The molecular formula is C18H25N3. The molecule has 0 fully saturated rings. The summed E-state index contributed by atoms with van der Waals surface area (Å²) >= 11 is 0. The Morgan fingerprint density at radius 2 is 1.24 bits per heavy atom. The van der Waals surface area contributed by atoms with Crippen molar-refractivity contribution >= 4 is 11.6 Å². The smallest absolute Gasteiger partial charge is 0.131 e. The maximum Gasteiger partial charge on any atom is 0.131 e. The second-order valence-electron chi connectivity index (χ2n) is 5.36. The van der Waals surface area contributed by atoms with E-state index in [0.717, 1.165) is 35.9 Å². The molecule has 2 heterocycles. The van der Waals surface area contributed by atoms with Crippen LogP contribution >= 0.6 is 0 Å². The maximum atomic E-state index is 4.65. The number of hydrogen-bond donors (Lipinski definition) is 1. The van der Waals surface area contributed by atoms with Crippen LogP contribution in [-0.2, 0) is 12.8 Å². The number of pyridine rings is 2. The van der Waals surface area contributed by atoms with Crippen LogP contribution < -0.4 is 5.32 Å². The van der Waals surface area contributed by atoms with E-state index >= 15 is 0 Å². The first-order valence-electron chi connectivity index (χ1n) is 8.00. The molecule has 0 radical (unpaired) electrons. The average Bonchev–Trinajstić information content (AvgIpc) is 2.52. The van der Waals surface area contributed by atoms with Crippen LogP contribution in [0.5, 0.6) is 0 Å². The van der Waals surface area contributed by atoms with Crippen molar-refractivity contribution in [2.75, 3.05) is 5.32 Å². The van der Waals surface area contributed by atoms with Crippen molar-refractivity contribution in [3.8, 4) is 0 Å². The maximum absolute atomic E-state index is 4.65. The normalized spacial score (nSPS) is 10.6. The summed E-state index contributed by atoms with van der Waals surface area (Å²) in [7, 11) is 0. The van der Waals surface area contributed by atoms with Gasteiger partial charge in [0, 0.05) is 11.4 Å². The van der Waals surface area contributed by atoms with Crippen LogP contribution in [0.1, 0.15) is 50.9 Å². The highest BCUT2D eigenvalue weighted by molar-refractivity contribution is 5.51. The van der Waals surface area contributed by atoms with Gasteiger partial charge in [-0.05, 0) is 49.9 Å². The van der Waals surface area contributed by atoms with Crippen molar-refractivity contribution in [1.82, 2.24) is 9.97 Å². The van der Waals surface area contributed by atoms with E-state index in [1.54, 1.807) is 0 Å². The standard InChI is InChI=1S/C18H25N3/c1-3-5-9-15-11-7-13-17(19-15)21-18-14-8-12-16(20-18)10-6-4-2/h7-8,11-14H,3-6,9-10H2,1-2H3,(H,19,20,21). The summed E-state index contributed by atoms with van der Waals surface area (Å²) in [4.78, 5) is 9.29. The zero-order chi connectivity index (χ0) is 14.9. The molecule has 0 aliphatic heterocycles. The average molecular weight is 283 g/mol. The highest BCUT2D eigenvalue weighted by Crippen LogP contribution is 2.15. The minimum Gasteiger partial charge on any atom is -0.325 e. The van der Waals surface area contributed by atoms with E-state index in [-0.39, 0.29) is 0 Å². The highest BCUT2D eigenvalue weighted by atomic mass is 15.1. The predicted molar refractivity (Wildman–Crippen MR) is 89.0 cm³/mol. The van der Waals surface area contributed by atoms with Crippen molar-refractivity contribution in [2.45, 2.75) is 52.4 Å². The summed E-state index contributed by atoms with van der Waals surface area (Å²) in [6, 6.07) is 12.3. The Bertz CT molecular complexity index is 502. The molecule has 2 rings (SSSR count). The van der Waals surface area contributed by atoms with E-state index in [2.05, 4.69) is 53.4 Å². The van der Waals surface area contributed by atoms with Gasteiger partial charge in [0.1, 0.15) is 11.6 Å². The molecule has 0 unspecified atom stereocenters. The quantitative estimate of drug-likeness (QED) is 0.748. The SMILES string of the molecule is CCCCc1cccc(Nc2cccc(CCCC)n2)n1. The topological polar surface area (TPSA) is 37.8 Å². The third kappa shape index (κ3) is 5.18. The molecule has 0 saturated heterocycles. The molecule has 0 aromatic carbocycles. The number of aryl methyl sites for hydroxylation is 2. The van der Waals surface area contributed by atoms with Gasteiger partial charge in [-0.25, -0.2) is 9.97 Å². The minimum absolute atomic E-state index is 0.878. The molecule has 112 valence electrons. The van der Waals surface area contributed by atoms with Gasteiger partial charge in [-0.15, -0.1) is 0 Å². The Kier molecular flexibility index (Phi) is 6.20. The van der Waals surface area contributed by atoms with E-state index in [1.165, 1.54) is 25.7 Å². The van der Waals surface area contributed by atoms with Gasteiger partial charge in [0.25, 0.3) is 0 Å². The Morgan fingerprint density at radius 3 is 1.67 bits per heavy atom. The fraction of sp³-hybridized carbons (Fsp3) is 0.444. The third-order valence-electron chi connectivity index (χ3n) is 3.44. The van der Waals surface area contributed by atoms with Gasteiger partial charge >= 0.3 is 0 Å². The Labute approximate surface area is 127 Å². The van der Waals surface area contributed by atoms with E-state index in [1.807, 2.05) is 12.1 Å². The van der Waals surface area contributed by atoms with Crippen LogP contribution in [-0.4, -0.2) is 9.97 Å². The van der Waals surface area contributed by atoms with E-state index < -0.39 is 0 Å². The van der Waals surface area contributed by atoms with Crippen LogP contribution in [0.4, 0.5) is 11.6 Å². The molecule has 0 bridgehead atoms. The van der Waals surface area contributed by atoms with E-state index in [0.29, 0.717) is 0 Å². The van der Waals surface area contributed by atoms with Crippen LogP contribution in [0, 0.1) is 0 Å². The number of unbranched alkanes of at least 4 members (excludes halogenated alkanes) is 2. The largest absolute Gasteiger partial charge is 0.325 e. The molecule has 0 atom stereocenters. The summed E-state index contributed by atoms with van der Waals surface area (Å²) in [5.41, 5.74) is 2.29. The molecule has 0 aliphatic rings. The van der Waals surface area contributed by atoms with Crippen LogP contribution in [0.3, 0.4) is 0 Å². The Balaban J connectivity index is 2.03. The molecule has 0 amide bonds. The predicted octanol–water partition coefficient (Wildman–Crippen LogP) is 4.91. The van der Waals surface area contributed by atoms with Crippen molar-refractivity contribution in [3.05, 3.63) is 47.8 Å². The van der Waals surface area contributed by atoms with Gasteiger partial charge in [0.05, 0.1) is 0 Å². The summed E-state index contributed by atoms with van der Waals surface area (Å²) < 4.78 is 0. The van der Waals surface area contributed by atoms with Gasteiger partial charge in [0.15, 0.2) is 0 Å². The number of rotatable bonds is 8. The van der Waals surface area contributed by atoms with Crippen LogP contribution in [0.15, 0.2) is 36.4 Å². The van der Waals surface area contributed by atoms with Gasteiger partial charge in [-0.3, -0.25) is 0 Å². The van der Waals surface area contributed by atoms with Gasteiger partial charge in [-0.2, -0.15) is 0 Å². The lowest BCUT2D eigenvalue weighted by molar-refractivity contribution is 0.776. The highest BCUT2D eigenvalue weighted by Gasteiger charge is 2.01. The molecule has 0 aliphatic carbocycles. The zero-order valence-electron chi connectivity index (χ0n) is 13.1. The van der Waals surface area contributed by atoms with E-state index in [9.17, 15) is 0 Å². The van der Waals surface area contributed by atoms with Gasteiger partial charge < -0.3 is 5.32 Å². The first-order chi connectivity index (χ1) is 10.3. The third-order valence-corrected chi connectivity index (χ3v) is 3.44. The summed E-state index contributed by atoms with van der Waals surface area (Å²) in [6.45, 7) is 4.40. The lowest BCUT2D eigenvalue weighted by atomic mass is 10.2. The molecule has 21 heavy (non-hydrogen) atoms. The summed E-state index contributed by atoms with van der Waals surface area (Å²) in [5, 5.41) is 3.32. The lowest BCUT2D eigenvalue weighted by Gasteiger charge is -2.08. The zero-order valence-corrected chi connectivity index (χ0v) is 13.1. The fourth-order valence-electron chi connectivity index (χ4n) is 2.22. The molecule has 0 saturated carbocycles. The van der Waals surface area contributed by atoms with Crippen molar-refractivity contribution in [1.29, 1.82) is 0 Å². The number of nitrogens with zero attached hydrogens (tertiary/aromatic N) is 2. The van der Waals surface area contributed by atoms with Crippen molar-refractivity contribution in [3.63, 3.8) is 0 Å². The molecule has 2 aromatic rings.